The Morgan fingerprint density at radius 1 is 1.15 bits per heavy atom. The summed E-state index contributed by atoms with van der Waals surface area (Å²) in [5.41, 5.74) is 4.07. The number of amides is 1. The number of rotatable bonds is 2. The van der Waals surface area contributed by atoms with Crippen LogP contribution in [-0.2, 0) is 19.3 Å². The smallest absolute Gasteiger partial charge is 0.261 e. The van der Waals surface area contributed by atoms with Gasteiger partial charge in [-0.15, -0.1) is 11.3 Å². The van der Waals surface area contributed by atoms with Gasteiger partial charge in [0.05, 0.1) is 10.9 Å². The maximum atomic E-state index is 12.4. The summed E-state index contributed by atoms with van der Waals surface area (Å²) in [6.07, 6.45) is 5.64. The van der Waals surface area contributed by atoms with E-state index in [2.05, 4.69) is 35.6 Å². The van der Waals surface area contributed by atoms with E-state index in [4.69, 9.17) is 0 Å². The molecule has 1 aromatic heterocycles. The standard InChI is InChI=1S/C17H17NOS/c19-17(16-10-12-5-3-7-15(12)20-16)18-14-9-8-11-4-1-2-6-13(11)14/h1-2,4,6,10,14H,3,5,7-9H2,(H,18,19)/t14-/m1/s1. The molecule has 2 aliphatic rings. The lowest BCUT2D eigenvalue weighted by molar-refractivity contribution is 0.0941. The van der Waals surface area contributed by atoms with Crippen molar-refractivity contribution in [2.45, 2.75) is 38.1 Å². The Labute approximate surface area is 122 Å². The molecule has 1 atom stereocenters. The Morgan fingerprint density at radius 3 is 2.95 bits per heavy atom. The van der Waals surface area contributed by atoms with Crippen LogP contribution >= 0.6 is 11.3 Å². The lowest BCUT2D eigenvalue weighted by Gasteiger charge is -2.13. The van der Waals surface area contributed by atoms with Crippen molar-refractivity contribution in [2.24, 2.45) is 0 Å². The van der Waals surface area contributed by atoms with E-state index < -0.39 is 0 Å². The summed E-state index contributed by atoms with van der Waals surface area (Å²) in [6, 6.07) is 10.7. The molecule has 0 fully saturated rings. The summed E-state index contributed by atoms with van der Waals surface area (Å²) < 4.78 is 0. The van der Waals surface area contributed by atoms with E-state index in [1.165, 1.54) is 28.0 Å². The van der Waals surface area contributed by atoms with Crippen molar-refractivity contribution in [3.8, 4) is 0 Å². The molecule has 0 unspecified atom stereocenters. The lowest BCUT2D eigenvalue weighted by atomic mass is 10.1. The van der Waals surface area contributed by atoms with Crippen molar-refractivity contribution in [1.82, 2.24) is 5.32 Å². The fraction of sp³-hybridized carbons (Fsp3) is 0.353. The highest BCUT2D eigenvalue weighted by Crippen LogP contribution is 2.33. The van der Waals surface area contributed by atoms with Gasteiger partial charge in [-0.2, -0.15) is 0 Å². The maximum absolute atomic E-state index is 12.4. The van der Waals surface area contributed by atoms with Gasteiger partial charge in [0.1, 0.15) is 0 Å². The van der Waals surface area contributed by atoms with Crippen LogP contribution in [0.2, 0.25) is 0 Å². The Bertz CT molecular complexity index is 652. The number of nitrogens with one attached hydrogen (secondary N) is 1. The number of thiophene rings is 1. The van der Waals surface area contributed by atoms with Crippen LogP contribution < -0.4 is 5.32 Å². The van der Waals surface area contributed by atoms with Crippen LogP contribution in [0.25, 0.3) is 0 Å². The third-order valence-corrected chi connectivity index (χ3v) is 5.64. The number of hydrogen-bond acceptors (Lipinski definition) is 2. The average molecular weight is 283 g/mol. The fourth-order valence-corrected chi connectivity index (χ4v) is 4.53. The average Bonchev–Trinajstić information content (AvgIpc) is 3.12. The van der Waals surface area contributed by atoms with Crippen LogP contribution in [0.4, 0.5) is 0 Å². The highest BCUT2D eigenvalue weighted by atomic mass is 32.1. The summed E-state index contributed by atoms with van der Waals surface area (Å²) in [7, 11) is 0. The Morgan fingerprint density at radius 2 is 2.05 bits per heavy atom. The number of hydrogen-bond donors (Lipinski definition) is 1. The van der Waals surface area contributed by atoms with Crippen molar-refractivity contribution >= 4 is 17.2 Å². The molecule has 1 amide bonds. The first-order valence-corrected chi connectivity index (χ1v) is 8.13. The fourth-order valence-electron chi connectivity index (χ4n) is 3.38. The second-order valence-electron chi connectivity index (χ2n) is 5.68. The van der Waals surface area contributed by atoms with Gasteiger partial charge in [-0.3, -0.25) is 4.79 Å². The predicted octanol–water partition coefficient (Wildman–Crippen LogP) is 3.65. The molecular weight excluding hydrogens is 266 g/mol. The molecule has 3 heteroatoms. The Balaban J connectivity index is 1.53. The monoisotopic (exact) mass is 283 g/mol. The normalized spacial score (nSPS) is 19.7. The zero-order valence-electron chi connectivity index (χ0n) is 11.3. The van der Waals surface area contributed by atoms with E-state index in [0.29, 0.717) is 0 Å². The molecule has 0 saturated heterocycles. The summed E-state index contributed by atoms with van der Waals surface area (Å²) in [5, 5.41) is 3.21. The van der Waals surface area contributed by atoms with Gasteiger partial charge in [-0.05, 0) is 54.9 Å². The molecule has 0 saturated carbocycles. The van der Waals surface area contributed by atoms with Crippen LogP contribution in [0.1, 0.15) is 50.1 Å². The second-order valence-corrected chi connectivity index (χ2v) is 6.81. The minimum absolute atomic E-state index is 0.103. The summed E-state index contributed by atoms with van der Waals surface area (Å²) in [4.78, 5) is 14.7. The van der Waals surface area contributed by atoms with Gasteiger partial charge in [-0.1, -0.05) is 24.3 Å². The zero-order valence-corrected chi connectivity index (χ0v) is 12.1. The molecular formula is C17H17NOS. The van der Waals surface area contributed by atoms with Crippen molar-refractivity contribution in [3.63, 3.8) is 0 Å². The molecule has 2 aliphatic carbocycles. The number of benzene rings is 1. The molecule has 2 aromatic rings. The molecule has 0 aliphatic heterocycles. The van der Waals surface area contributed by atoms with Crippen LogP contribution in [0.15, 0.2) is 30.3 Å². The maximum Gasteiger partial charge on any atom is 0.261 e. The number of fused-ring (bicyclic) bond motifs is 2. The van der Waals surface area contributed by atoms with Gasteiger partial charge in [0.15, 0.2) is 0 Å². The topological polar surface area (TPSA) is 29.1 Å². The molecule has 1 aromatic carbocycles. The SMILES string of the molecule is O=C(N[C@@H]1CCc2ccccc21)c1cc2c(s1)CCC2. The molecule has 0 bridgehead atoms. The predicted molar refractivity (Wildman–Crippen MR) is 81.3 cm³/mol. The van der Waals surface area contributed by atoms with Crippen molar-refractivity contribution in [1.29, 1.82) is 0 Å². The highest BCUT2D eigenvalue weighted by molar-refractivity contribution is 7.14. The van der Waals surface area contributed by atoms with E-state index in [0.717, 1.165) is 30.6 Å². The molecule has 1 heterocycles. The van der Waals surface area contributed by atoms with E-state index >= 15 is 0 Å². The lowest BCUT2D eigenvalue weighted by Crippen LogP contribution is -2.26. The second kappa shape index (κ2) is 4.74. The third-order valence-electron chi connectivity index (χ3n) is 4.41. The van der Waals surface area contributed by atoms with E-state index in [-0.39, 0.29) is 11.9 Å². The summed E-state index contributed by atoms with van der Waals surface area (Å²) >= 11 is 1.68. The van der Waals surface area contributed by atoms with E-state index in [9.17, 15) is 4.79 Å². The van der Waals surface area contributed by atoms with E-state index in [1.54, 1.807) is 11.3 Å². The minimum atomic E-state index is 0.103. The Kier molecular flexibility index (Phi) is 2.88. The molecule has 4 rings (SSSR count). The highest BCUT2D eigenvalue weighted by Gasteiger charge is 2.25. The number of aryl methyl sites for hydroxylation is 3. The third kappa shape index (κ3) is 1.97. The minimum Gasteiger partial charge on any atom is -0.345 e. The van der Waals surface area contributed by atoms with E-state index in [1.807, 2.05) is 0 Å². The van der Waals surface area contributed by atoms with Gasteiger partial charge < -0.3 is 5.32 Å². The van der Waals surface area contributed by atoms with Gasteiger partial charge in [0.2, 0.25) is 0 Å². The van der Waals surface area contributed by atoms with Gasteiger partial charge >= 0.3 is 0 Å². The van der Waals surface area contributed by atoms with Gasteiger partial charge in [0.25, 0.3) is 5.91 Å². The van der Waals surface area contributed by atoms with Crippen LogP contribution in [0, 0.1) is 0 Å². The van der Waals surface area contributed by atoms with Crippen LogP contribution in [0.3, 0.4) is 0 Å². The Hall–Kier alpha value is -1.61. The van der Waals surface area contributed by atoms with Crippen molar-refractivity contribution in [2.75, 3.05) is 0 Å². The molecule has 102 valence electrons. The zero-order chi connectivity index (χ0) is 13.5. The molecule has 20 heavy (non-hydrogen) atoms. The van der Waals surface area contributed by atoms with Crippen LogP contribution in [-0.4, -0.2) is 5.91 Å². The number of carbonyl (C=O) groups excluding carboxylic acids is 1. The van der Waals surface area contributed by atoms with Crippen LogP contribution in [0.5, 0.6) is 0 Å². The quantitative estimate of drug-likeness (QED) is 0.895. The molecule has 0 radical (unpaired) electrons. The summed E-state index contributed by atoms with van der Waals surface area (Å²) in [5.74, 6) is 0.103. The van der Waals surface area contributed by atoms with Gasteiger partial charge in [-0.25, -0.2) is 0 Å². The largest absolute Gasteiger partial charge is 0.345 e. The van der Waals surface area contributed by atoms with Crippen molar-refractivity contribution < 1.29 is 4.79 Å². The van der Waals surface area contributed by atoms with Gasteiger partial charge in [0, 0.05) is 4.88 Å². The summed E-state index contributed by atoms with van der Waals surface area (Å²) in [6.45, 7) is 0. The molecule has 2 nitrogen and oxygen atoms in total. The first kappa shape index (κ1) is 12.2. The molecule has 1 N–H and O–H groups in total. The first-order valence-electron chi connectivity index (χ1n) is 7.31. The first-order chi connectivity index (χ1) is 9.81. The number of carbonyl (C=O) groups is 1. The molecule has 0 spiro atoms. The van der Waals surface area contributed by atoms with Crippen molar-refractivity contribution in [3.05, 3.63) is 56.8 Å².